The van der Waals surface area contributed by atoms with Gasteiger partial charge in [0, 0.05) is 16.7 Å². The molecule has 0 aromatic heterocycles. The highest BCUT2D eigenvalue weighted by molar-refractivity contribution is 6.67. The fourth-order valence-electron chi connectivity index (χ4n) is 1.72. The van der Waals surface area contributed by atoms with Gasteiger partial charge in [-0.25, -0.2) is 4.90 Å². The predicted molar refractivity (Wildman–Crippen MR) is 67.5 cm³/mol. The Labute approximate surface area is 109 Å². The lowest BCUT2D eigenvalue weighted by molar-refractivity contribution is -0.120. The molecule has 0 saturated carbocycles. The van der Waals surface area contributed by atoms with Crippen LogP contribution in [-0.2, 0) is 9.59 Å². The van der Waals surface area contributed by atoms with E-state index in [0.717, 1.165) is 4.90 Å². The number of halogens is 1. The second kappa shape index (κ2) is 4.38. The maximum Gasteiger partial charge on any atom is 0.261 e. The molecule has 2 rings (SSSR count). The molecule has 4 nitrogen and oxygen atoms in total. The normalized spacial score (nSPS) is 15.6. The van der Waals surface area contributed by atoms with Crippen LogP contribution in [-0.4, -0.2) is 17.1 Å². The summed E-state index contributed by atoms with van der Waals surface area (Å²) in [5.74, 6) is -0.662. The molecule has 0 unspecified atom stereocenters. The van der Waals surface area contributed by atoms with Gasteiger partial charge >= 0.3 is 0 Å². The molecule has 1 heterocycles. The second-order valence-corrected chi connectivity index (χ2v) is 4.36. The van der Waals surface area contributed by atoms with Crippen LogP contribution in [0.1, 0.15) is 24.2 Å². The van der Waals surface area contributed by atoms with Crippen LogP contribution in [0.5, 0.6) is 0 Å². The van der Waals surface area contributed by atoms with E-state index in [2.05, 4.69) is 0 Å². The van der Waals surface area contributed by atoms with E-state index >= 15 is 0 Å². The summed E-state index contributed by atoms with van der Waals surface area (Å²) in [5.41, 5.74) is 1.64. The smallest absolute Gasteiger partial charge is 0.261 e. The monoisotopic (exact) mass is 263 g/mol. The summed E-state index contributed by atoms with van der Waals surface area (Å²) in [6.45, 7) is 3.23. The van der Waals surface area contributed by atoms with Gasteiger partial charge in [-0.1, -0.05) is 0 Å². The van der Waals surface area contributed by atoms with Gasteiger partial charge in [-0.05, 0) is 49.7 Å². The van der Waals surface area contributed by atoms with Gasteiger partial charge in [0.1, 0.15) is 0 Å². The molecule has 0 bridgehead atoms. The number of rotatable bonds is 2. The van der Waals surface area contributed by atoms with Crippen molar-refractivity contribution in [2.45, 2.75) is 13.8 Å². The van der Waals surface area contributed by atoms with E-state index in [1.807, 2.05) is 0 Å². The standard InChI is InChI=1S/C13H10ClNO3/c1-7-8(2)13(18)15(12(7)17)10-5-3-9(4-6-10)11(14)16/h3-6H,1-2H3. The third-order valence-corrected chi connectivity index (χ3v) is 3.18. The van der Waals surface area contributed by atoms with E-state index in [-0.39, 0.29) is 11.8 Å². The first-order valence-corrected chi connectivity index (χ1v) is 5.67. The first-order valence-electron chi connectivity index (χ1n) is 5.29. The lowest BCUT2D eigenvalue weighted by atomic mass is 10.2. The number of hydrogen-bond donors (Lipinski definition) is 0. The zero-order chi connectivity index (χ0) is 13.4. The highest BCUT2D eigenvalue weighted by Gasteiger charge is 2.34. The van der Waals surface area contributed by atoms with Crippen molar-refractivity contribution < 1.29 is 14.4 Å². The van der Waals surface area contributed by atoms with Crippen LogP contribution in [0.15, 0.2) is 35.4 Å². The van der Waals surface area contributed by atoms with E-state index in [9.17, 15) is 14.4 Å². The van der Waals surface area contributed by atoms with Crippen molar-refractivity contribution in [3.05, 3.63) is 41.0 Å². The molecule has 5 heteroatoms. The number of benzene rings is 1. The van der Waals surface area contributed by atoms with Crippen molar-refractivity contribution in [1.82, 2.24) is 0 Å². The average Bonchev–Trinajstić information content (AvgIpc) is 2.54. The largest absolute Gasteiger partial charge is 0.276 e. The van der Waals surface area contributed by atoms with E-state index in [1.165, 1.54) is 24.3 Å². The maximum absolute atomic E-state index is 11.9. The first kappa shape index (κ1) is 12.5. The van der Waals surface area contributed by atoms with Gasteiger partial charge in [0.25, 0.3) is 17.1 Å². The zero-order valence-electron chi connectivity index (χ0n) is 9.86. The van der Waals surface area contributed by atoms with Gasteiger partial charge in [0.2, 0.25) is 0 Å². The lowest BCUT2D eigenvalue weighted by Crippen LogP contribution is -2.31. The van der Waals surface area contributed by atoms with E-state index in [4.69, 9.17) is 11.6 Å². The highest BCUT2D eigenvalue weighted by Crippen LogP contribution is 2.26. The molecule has 0 saturated heterocycles. The summed E-state index contributed by atoms with van der Waals surface area (Å²) in [7, 11) is 0. The van der Waals surface area contributed by atoms with Crippen LogP contribution in [0.4, 0.5) is 5.69 Å². The molecule has 1 aromatic carbocycles. The molecule has 0 atom stereocenters. The SMILES string of the molecule is CC1=C(C)C(=O)N(c2ccc(C(=O)Cl)cc2)C1=O. The maximum atomic E-state index is 11.9. The minimum absolute atomic E-state index is 0.320. The summed E-state index contributed by atoms with van der Waals surface area (Å²) in [5, 5.41) is -0.578. The van der Waals surface area contributed by atoms with Crippen LogP contribution < -0.4 is 4.90 Å². The minimum atomic E-state index is -0.578. The fourth-order valence-corrected chi connectivity index (χ4v) is 1.85. The first-order chi connectivity index (χ1) is 8.43. The number of hydrogen-bond acceptors (Lipinski definition) is 3. The average molecular weight is 264 g/mol. The van der Waals surface area contributed by atoms with Crippen molar-refractivity contribution in [2.75, 3.05) is 4.90 Å². The Morgan fingerprint density at radius 2 is 1.44 bits per heavy atom. The molecule has 0 aliphatic carbocycles. The Hall–Kier alpha value is -1.94. The molecular weight excluding hydrogens is 254 g/mol. The summed E-state index contributed by atoms with van der Waals surface area (Å²) < 4.78 is 0. The molecule has 92 valence electrons. The van der Waals surface area contributed by atoms with Gasteiger partial charge in [0.15, 0.2) is 0 Å². The molecule has 1 aromatic rings. The Bertz CT molecular complexity index is 563. The van der Waals surface area contributed by atoms with E-state index in [1.54, 1.807) is 13.8 Å². The molecule has 0 fully saturated rings. The van der Waals surface area contributed by atoms with Gasteiger partial charge in [-0.3, -0.25) is 14.4 Å². The predicted octanol–water partition coefficient (Wildman–Crippen LogP) is 2.28. The van der Waals surface area contributed by atoms with Crippen molar-refractivity contribution >= 4 is 34.3 Å². The summed E-state index contributed by atoms with van der Waals surface area (Å²) >= 11 is 5.32. The Kier molecular flexibility index (Phi) is 3.05. The number of carbonyl (C=O) groups is 3. The molecule has 1 aliphatic heterocycles. The highest BCUT2D eigenvalue weighted by atomic mass is 35.5. The number of imide groups is 1. The van der Waals surface area contributed by atoms with Gasteiger partial charge in [-0.15, -0.1) is 0 Å². The molecule has 1 aliphatic rings. The molecule has 0 spiro atoms. The van der Waals surface area contributed by atoms with Crippen molar-refractivity contribution in [3.63, 3.8) is 0 Å². The molecule has 0 radical (unpaired) electrons. The Balaban J connectivity index is 2.37. The molecule has 18 heavy (non-hydrogen) atoms. The summed E-state index contributed by atoms with van der Waals surface area (Å²) in [6, 6.07) is 6.01. The van der Waals surface area contributed by atoms with Gasteiger partial charge in [0.05, 0.1) is 5.69 Å². The molecule has 2 amide bonds. The van der Waals surface area contributed by atoms with Crippen LogP contribution >= 0.6 is 11.6 Å². The second-order valence-electron chi connectivity index (χ2n) is 4.02. The Morgan fingerprint density at radius 1 is 1.00 bits per heavy atom. The quantitative estimate of drug-likeness (QED) is 0.608. The van der Waals surface area contributed by atoms with Gasteiger partial charge in [-0.2, -0.15) is 0 Å². The van der Waals surface area contributed by atoms with Crippen LogP contribution in [0.2, 0.25) is 0 Å². The fraction of sp³-hybridized carbons (Fsp3) is 0.154. The zero-order valence-corrected chi connectivity index (χ0v) is 10.6. The van der Waals surface area contributed by atoms with E-state index in [0.29, 0.717) is 22.4 Å². The summed E-state index contributed by atoms with van der Waals surface area (Å²) in [4.78, 5) is 35.8. The molecule has 0 N–H and O–H groups in total. The van der Waals surface area contributed by atoms with Crippen LogP contribution in [0, 0.1) is 0 Å². The Morgan fingerprint density at radius 3 is 1.83 bits per heavy atom. The van der Waals surface area contributed by atoms with Crippen LogP contribution in [0.25, 0.3) is 0 Å². The minimum Gasteiger partial charge on any atom is -0.276 e. The van der Waals surface area contributed by atoms with E-state index < -0.39 is 5.24 Å². The van der Waals surface area contributed by atoms with Crippen molar-refractivity contribution in [1.29, 1.82) is 0 Å². The van der Waals surface area contributed by atoms with Crippen molar-refractivity contribution in [2.24, 2.45) is 0 Å². The van der Waals surface area contributed by atoms with Gasteiger partial charge < -0.3 is 0 Å². The van der Waals surface area contributed by atoms with Crippen molar-refractivity contribution in [3.8, 4) is 0 Å². The third kappa shape index (κ3) is 1.84. The number of nitrogens with zero attached hydrogens (tertiary/aromatic N) is 1. The number of amides is 2. The number of carbonyl (C=O) groups excluding carboxylic acids is 3. The number of anilines is 1. The summed E-state index contributed by atoms with van der Waals surface area (Å²) in [6.07, 6.45) is 0. The lowest BCUT2D eigenvalue weighted by Gasteiger charge is -2.14. The third-order valence-electron chi connectivity index (χ3n) is 2.96. The topological polar surface area (TPSA) is 54.5 Å². The molecular formula is C13H10ClNO3. The van der Waals surface area contributed by atoms with Crippen LogP contribution in [0.3, 0.4) is 0 Å².